The summed E-state index contributed by atoms with van der Waals surface area (Å²) in [7, 11) is 0. The summed E-state index contributed by atoms with van der Waals surface area (Å²) in [6, 6.07) is 0. The first-order valence-corrected chi connectivity index (χ1v) is 17.7. The number of allylic oxidation sites excluding steroid dienone is 8. The van der Waals surface area contributed by atoms with Crippen molar-refractivity contribution in [2.45, 2.75) is 164 Å². The maximum atomic E-state index is 5.61. The Kier molecular flexibility index (Phi) is 22.9. The van der Waals surface area contributed by atoms with Crippen LogP contribution < -0.4 is 0 Å². The molecule has 2 unspecified atom stereocenters. The third-order valence-electron chi connectivity index (χ3n) is 8.60. The summed E-state index contributed by atoms with van der Waals surface area (Å²) in [6.45, 7) is 33.1. The average Bonchev–Trinajstić information content (AvgIpc) is 3.27. The normalized spacial score (nSPS) is 21.1. The zero-order valence-electron chi connectivity index (χ0n) is 30.6. The van der Waals surface area contributed by atoms with Crippen LogP contribution in [-0.4, -0.2) is 35.7 Å². The highest BCUT2D eigenvalue weighted by atomic mass is 16.5. The van der Waals surface area contributed by atoms with E-state index in [-0.39, 0.29) is 5.60 Å². The molecule has 43 heavy (non-hydrogen) atoms. The van der Waals surface area contributed by atoms with E-state index in [4.69, 9.17) is 4.74 Å². The summed E-state index contributed by atoms with van der Waals surface area (Å²) in [5, 5.41) is 0. The minimum absolute atomic E-state index is 0.0464. The van der Waals surface area contributed by atoms with E-state index in [2.05, 4.69) is 116 Å². The highest BCUT2D eigenvalue weighted by Gasteiger charge is 2.31. The molecule has 1 heterocycles. The molecule has 2 heteroatoms. The van der Waals surface area contributed by atoms with Crippen LogP contribution in [0.5, 0.6) is 0 Å². The number of hydrogen-bond acceptors (Lipinski definition) is 2. The van der Waals surface area contributed by atoms with Gasteiger partial charge in [0.1, 0.15) is 0 Å². The highest BCUT2D eigenvalue weighted by molar-refractivity contribution is 5.31. The summed E-state index contributed by atoms with van der Waals surface area (Å²) in [5.41, 5.74) is 7.67. The number of hydrogen-bond donors (Lipinski definition) is 0. The van der Waals surface area contributed by atoms with Crippen molar-refractivity contribution in [3.63, 3.8) is 0 Å². The second kappa shape index (κ2) is 23.7. The van der Waals surface area contributed by atoms with Gasteiger partial charge < -0.3 is 4.74 Å². The zero-order valence-corrected chi connectivity index (χ0v) is 30.6. The monoisotopic (exact) mass is 596 g/mol. The molecule has 0 amide bonds. The molecule has 0 N–H and O–H groups in total. The highest BCUT2D eigenvalue weighted by Crippen LogP contribution is 2.32. The van der Waals surface area contributed by atoms with E-state index in [1.54, 1.807) is 0 Å². The molecule has 2 rings (SSSR count). The minimum atomic E-state index is 0.0464. The van der Waals surface area contributed by atoms with Gasteiger partial charge in [0, 0.05) is 12.1 Å². The molecule has 0 saturated carbocycles. The van der Waals surface area contributed by atoms with Crippen LogP contribution in [0.2, 0.25) is 0 Å². The number of likely N-dealkylation sites (tertiary alicyclic amines) is 1. The quantitative estimate of drug-likeness (QED) is 0.106. The molecule has 0 aromatic carbocycles. The van der Waals surface area contributed by atoms with Crippen LogP contribution >= 0.6 is 0 Å². The second-order valence-electron chi connectivity index (χ2n) is 14.7. The van der Waals surface area contributed by atoms with E-state index in [1.807, 2.05) is 6.92 Å². The van der Waals surface area contributed by atoms with Gasteiger partial charge in [0.2, 0.25) is 0 Å². The van der Waals surface area contributed by atoms with Gasteiger partial charge in [-0.1, -0.05) is 88.5 Å². The van der Waals surface area contributed by atoms with E-state index in [0.717, 1.165) is 31.8 Å². The SMILES string of the molecule is C=C(C)CC.C=C=CCC(CC(C)CCN1CCCC1(C)C)C1=C/C=C\CC\C(C)=C\1.CCCCCCCOC(C)(C)C. The molecule has 2 aliphatic rings. The largest absolute Gasteiger partial charge is 0.376 e. The molecule has 2 atom stereocenters. The lowest BCUT2D eigenvalue weighted by atomic mass is 9.83. The number of unbranched alkanes of at least 4 members (excludes halogenated alkanes) is 4. The van der Waals surface area contributed by atoms with Crippen LogP contribution in [0.1, 0.15) is 153 Å². The van der Waals surface area contributed by atoms with Gasteiger partial charge in [0.15, 0.2) is 0 Å². The van der Waals surface area contributed by atoms with E-state index >= 15 is 0 Å². The molecule has 0 radical (unpaired) electrons. The summed E-state index contributed by atoms with van der Waals surface area (Å²) in [6.07, 6.45) is 27.8. The first kappa shape index (κ1) is 41.4. The fourth-order valence-corrected chi connectivity index (χ4v) is 5.48. The molecule has 0 bridgehead atoms. The van der Waals surface area contributed by atoms with Gasteiger partial charge in [0.05, 0.1) is 5.60 Å². The Morgan fingerprint density at radius 1 is 1.16 bits per heavy atom. The van der Waals surface area contributed by atoms with Crippen molar-refractivity contribution in [3.8, 4) is 0 Å². The molecule has 2 nitrogen and oxygen atoms in total. The molecule has 1 fully saturated rings. The van der Waals surface area contributed by atoms with Gasteiger partial charge in [0.25, 0.3) is 0 Å². The summed E-state index contributed by atoms with van der Waals surface area (Å²) < 4.78 is 5.61. The van der Waals surface area contributed by atoms with Crippen molar-refractivity contribution in [2.75, 3.05) is 19.7 Å². The first-order valence-electron chi connectivity index (χ1n) is 17.7. The van der Waals surface area contributed by atoms with Gasteiger partial charge in [-0.05, 0) is 143 Å². The maximum Gasteiger partial charge on any atom is 0.0598 e. The van der Waals surface area contributed by atoms with Gasteiger partial charge in [-0.25, -0.2) is 0 Å². The molecular weight excluding hydrogens is 522 g/mol. The summed E-state index contributed by atoms with van der Waals surface area (Å²) >= 11 is 0. The smallest absolute Gasteiger partial charge is 0.0598 e. The Bertz CT molecular complexity index is 874. The maximum absolute atomic E-state index is 5.61. The first-order chi connectivity index (χ1) is 20.3. The third-order valence-corrected chi connectivity index (χ3v) is 8.60. The minimum Gasteiger partial charge on any atom is -0.376 e. The van der Waals surface area contributed by atoms with E-state index in [1.165, 1.54) is 94.0 Å². The lowest BCUT2D eigenvalue weighted by Gasteiger charge is -2.32. The summed E-state index contributed by atoms with van der Waals surface area (Å²) in [5.74, 6) is 1.31. The van der Waals surface area contributed by atoms with Crippen molar-refractivity contribution in [3.05, 3.63) is 66.0 Å². The molecule has 0 aromatic heterocycles. The molecule has 1 aliphatic heterocycles. The van der Waals surface area contributed by atoms with Crippen LogP contribution in [-0.2, 0) is 4.74 Å². The molecule has 0 spiro atoms. The van der Waals surface area contributed by atoms with E-state index < -0.39 is 0 Å². The third kappa shape index (κ3) is 22.5. The topological polar surface area (TPSA) is 12.5 Å². The Morgan fingerprint density at radius 2 is 1.84 bits per heavy atom. The predicted octanol–water partition coefficient (Wildman–Crippen LogP) is 12.6. The van der Waals surface area contributed by atoms with Crippen LogP contribution in [0.3, 0.4) is 0 Å². The van der Waals surface area contributed by atoms with Crippen molar-refractivity contribution in [1.82, 2.24) is 4.90 Å². The molecule has 1 aliphatic carbocycles. The summed E-state index contributed by atoms with van der Waals surface area (Å²) in [4.78, 5) is 2.70. The molecule has 248 valence electrons. The van der Waals surface area contributed by atoms with Crippen LogP contribution in [0.15, 0.2) is 66.0 Å². The Morgan fingerprint density at radius 3 is 2.40 bits per heavy atom. The van der Waals surface area contributed by atoms with E-state index in [9.17, 15) is 0 Å². The standard InChI is InChI=1S/C25H39N.C11H24O.C5H10/c1-6-7-13-23(24-14-10-8-9-12-21(2)19-24)20-22(3)15-18-26-17-11-16-25(26,4)5;1-5-6-7-8-9-10-12-11(2,3)4;1-4-5(2)3/h7-8,10,14,19,22-23H,1,9,11-13,15-18,20H2,2-5H3;5-10H2,1-4H3;2,4H2,1,3H3/b10-8-,21-19+,24-14+;;. The van der Waals surface area contributed by atoms with Gasteiger partial charge in [-0.15, -0.1) is 12.3 Å². The lowest BCUT2D eigenvalue weighted by molar-refractivity contribution is -0.00474. The van der Waals surface area contributed by atoms with Gasteiger partial charge >= 0.3 is 0 Å². The fourth-order valence-electron chi connectivity index (χ4n) is 5.48. The van der Waals surface area contributed by atoms with Crippen molar-refractivity contribution >= 4 is 0 Å². The fraction of sp³-hybridized carbons (Fsp3) is 0.732. The zero-order chi connectivity index (χ0) is 32.7. The molecule has 1 saturated heterocycles. The van der Waals surface area contributed by atoms with Gasteiger partial charge in [-0.2, -0.15) is 0 Å². The Labute approximate surface area is 270 Å². The number of rotatable bonds is 15. The molecular formula is C41H73NO. The lowest BCUT2D eigenvalue weighted by Crippen LogP contribution is -2.39. The van der Waals surface area contributed by atoms with Crippen molar-refractivity contribution < 1.29 is 4.74 Å². The van der Waals surface area contributed by atoms with Crippen molar-refractivity contribution in [1.29, 1.82) is 0 Å². The van der Waals surface area contributed by atoms with Gasteiger partial charge in [-0.3, -0.25) is 4.90 Å². The Balaban J connectivity index is 0.000000860. The number of ether oxygens (including phenoxy) is 1. The van der Waals surface area contributed by atoms with E-state index in [0.29, 0.717) is 11.5 Å². The van der Waals surface area contributed by atoms with Crippen LogP contribution in [0.25, 0.3) is 0 Å². The molecule has 0 aromatic rings. The van der Waals surface area contributed by atoms with Crippen molar-refractivity contribution in [2.24, 2.45) is 11.8 Å². The van der Waals surface area contributed by atoms with Crippen LogP contribution in [0, 0.1) is 11.8 Å². The predicted molar refractivity (Wildman–Crippen MR) is 195 cm³/mol. The van der Waals surface area contributed by atoms with Crippen LogP contribution in [0.4, 0.5) is 0 Å². The second-order valence-corrected chi connectivity index (χ2v) is 14.7. The Hall–Kier alpha value is -1.60. The number of nitrogens with zero attached hydrogens (tertiary/aromatic N) is 1. The average molecular weight is 596 g/mol.